The standard InChI is InChI=1S/C10H13BrN2O2/c1-6-8(11)7(13(2)12-6)5-10(3-4-10)9(14)15/h3-5H2,1-2H3,(H,14,15). The number of hydrogen-bond acceptors (Lipinski definition) is 2. The van der Waals surface area contributed by atoms with Crippen LogP contribution >= 0.6 is 15.9 Å². The van der Waals surface area contributed by atoms with Crippen molar-refractivity contribution in [2.75, 3.05) is 0 Å². The molecule has 0 saturated heterocycles. The summed E-state index contributed by atoms with van der Waals surface area (Å²) in [7, 11) is 1.85. The molecule has 1 saturated carbocycles. The quantitative estimate of drug-likeness (QED) is 0.915. The topological polar surface area (TPSA) is 55.1 Å². The lowest BCUT2D eigenvalue weighted by Crippen LogP contribution is -2.19. The summed E-state index contributed by atoms with van der Waals surface area (Å²) < 4.78 is 2.71. The smallest absolute Gasteiger partial charge is 0.310 e. The van der Waals surface area contributed by atoms with Crippen LogP contribution < -0.4 is 0 Å². The average Bonchev–Trinajstić information content (AvgIpc) is 2.89. The van der Waals surface area contributed by atoms with Crippen molar-refractivity contribution in [3.8, 4) is 0 Å². The zero-order valence-corrected chi connectivity index (χ0v) is 10.3. The second-order valence-corrected chi connectivity index (χ2v) is 5.02. The van der Waals surface area contributed by atoms with Gasteiger partial charge in [-0.1, -0.05) is 0 Å². The fourth-order valence-corrected chi connectivity index (χ4v) is 2.29. The van der Waals surface area contributed by atoms with Gasteiger partial charge in [0.25, 0.3) is 0 Å². The van der Waals surface area contributed by atoms with Crippen LogP contribution in [0.15, 0.2) is 4.47 Å². The van der Waals surface area contributed by atoms with Gasteiger partial charge >= 0.3 is 5.97 Å². The molecule has 0 aliphatic heterocycles. The SMILES string of the molecule is Cc1nn(C)c(CC2(C(=O)O)CC2)c1Br. The molecular weight excluding hydrogens is 260 g/mol. The first-order valence-corrected chi connectivity index (χ1v) is 5.67. The maximum atomic E-state index is 11.1. The molecule has 4 nitrogen and oxygen atoms in total. The van der Waals surface area contributed by atoms with Gasteiger partial charge in [-0.25, -0.2) is 0 Å². The van der Waals surface area contributed by atoms with Gasteiger partial charge < -0.3 is 5.11 Å². The third-order valence-corrected chi connectivity index (χ3v) is 4.11. The summed E-state index contributed by atoms with van der Waals surface area (Å²) in [4.78, 5) is 11.1. The molecule has 2 rings (SSSR count). The van der Waals surface area contributed by atoms with Crippen molar-refractivity contribution in [2.24, 2.45) is 12.5 Å². The van der Waals surface area contributed by atoms with Crippen molar-refractivity contribution in [2.45, 2.75) is 26.2 Å². The van der Waals surface area contributed by atoms with Crippen LogP contribution in [0.1, 0.15) is 24.2 Å². The minimum absolute atomic E-state index is 0.525. The summed E-state index contributed by atoms with van der Waals surface area (Å²) in [6.07, 6.45) is 2.12. The Morgan fingerprint density at radius 3 is 2.60 bits per heavy atom. The predicted octanol–water partition coefficient (Wildman–Crippen LogP) is 1.90. The summed E-state index contributed by atoms with van der Waals surface area (Å²) in [6, 6.07) is 0. The maximum Gasteiger partial charge on any atom is 0.310 e. The van der Waals surface area contributed by atoms with Crippen LogP contribution in [0.25, 0.3) is 0 Å². The van der Waals surface area contributed by atoms with Crippen LogP contribution in [0.2, 0.25) is 0 Å². The second kappa shape index (κ2) is 3.33. The summed E-state index contributed by atoms with van der Waals surface area (Å²) in [5.41, 5.74) is 1.36. The van der Waals surface area contributed by atoms with Crippen molar-refractivity contribution in [3.05, 3.63) is 15.9 Å². The summed E-state index contributed by atoms with van der Waals surface area (Å²) >= 11 is 3.45. The Morgan fingerprint density at radius 2 is 2.27 bits per heavy atom. The van der Waals surface area contributed by atoms with Crippen molar-refractivity contribution >= 4 is 21.9 Å². The Balaban J connectivity index is 2.28. The van der Waals surface area contributed by atoms with Crippen LogP contribution in [0.3, 0.4) is 0 Å². The lowest BCUT2D eigenvalue weighted by Gasteiger charge is -2.09. The molecule has 0 radical (unpaired) electrons. The van der Waals surface area contributed by atoms with E-state index in [2.05, 4.69) is 21.0 Å². The minimum atomic E-state index is -0.687. The van der Waals surface area contributed by atoms with Gasteiger partial charge in [0.05, 0.1) is 21.3 Å². The van der Waals surface area contributed by atoms with Gasteiger partial charge in [0.1, 0.15) is 0 Å². The lowest BCUT2D eigenvalue weighted by atomic mass is 10.0. The Kier molecular flexibility index (Phi) is 2.37. The number of aryl methyl sites for hydroxylation is 2. The van der Waals surface area contributed by atoms with Gasteiger partial charge in [-0.3, -0.25) is 9.48 Å². The fourth-order valence-electron chi connectivity index (χ4n) is 1.81. The Labute approximate surface area is 96.4 Å². The van der Waals surface area contributed by atoms with E-state index in [0.717, 1.165) is 28.7 Å². The molecule has 0 bridgehead atoms. The zero-order chi connectivity index (χ0) is 11.2. The van der Waals surface area contributed by atoms with Gasteiger partial charge in [-0.15, -0.1) is 0 Å². The van der Waals surface area contributed by atoms with E-state index in [1.54, 1.807) is 4.68 Å². The second-order valence-electron chi connectivity index (χ2n) is 4.23. The Hall–Kier alpha value is -0.840. The van der Waals surface area contributed by atoms with Gasteiger partial charge in [-0.05, 0) is 35.7 Å². The highest BCUT2D eigenvalue weighted by Crippen LogP contribution is 2.49. The predicted molar refractivity (Wildman–Crippen MR) is 58.7 cm³/mol. The first-order valence-electron chi connectivity index (χ1n) is 4.88. The molecule has 0 unspecified atom stereocenters. The molecule has 0 spiro atoms. The van der Waals surface area contributed by atoms with Crippen LogP contribution in [0.4, 0.5) is 0 Å². The highest BCUT2D eigenvalue weighted by molar-refractivity contribution is 9.10. The first-order chi connectivity index (χ1) is 6.96. The van der Waals surface area contributed by atoms with E-state index in [1.165, 1.54) is 0 Å². The normalized spacial score (nSPS) is 17.8. The van der Waals surface area contributed by atoms with E-state index in [4.69, 9.17) is 5.11 Å². The number of carbonyl (C=O) groups is 1. The number of halogens is 1. The monoisotopic (exact) mass is 272 g/mol. The van der Waals surface area contributed by atoms with E-state index in [0.29, 0.717) is 6.42 Å². The van der Waals surface area contributed by atoms with Gasteiger partial charge in [0, 0.05) is 13.5 Å². The minimum Gasteiger partial charge on any atom is -0.481 e. The number of carboxylic acid groups (broad SMARTS) is 1. The third kappa shape index (κ3) is 1.69. The highest BCUT2D eigenvalue weighted by atomic mass is 79.9. The van der Waals surface area contributed by atoms with Crippen LogP contribution in [0, 0.1) is 12.3 Å². The molecule has 5 heteroatoms. The van der Waals surface area contributed by atoms with Crippen molar-refractivity contribution in [1.29, 1.82) is 0 Å². The Morgan fingerprint density at radius 1 is 1.67 bits per heavy atom. The summed E-state index contributed by atoms with van der Waals surface area (Å²) in [5, 5.41) is 13.4. The van der Waals surface area contributed by atoms with Crippen LogP contribution in [-0.2, 0) is 18.3 Å². The van der Waals surface area contributed by atoms with Crippen molar-refractivity contribution < 1.29 is 9.90 Å². The van der Waals surface area contributed by atoms with Gasteiger partial charge in [0.2, 0.25) is 0 Å². The molecule has 1 aliphatic carbocycles. The van der Waals surface area contributed by atoms with E-state index < -0.39 is 11.4 Å². The van der Waals surface area contributed by atoms with E-state index in [9.17, 15) is 4.79 Å². The molecule has 1 fully saturated rings. The number of rotatable bonds is 3. The van der Waals surface area contributed by atoms with Crippen molar-refractivity contribution in [3.63, 3.8) is 0 Å². The third-order valence-electron chi connectivity index (χ3n) is 3.07. The maximum absolute atomic E-state index is 11.1. The molecule has 1 aliphatic rings. The van der Waals surface area contributed by atoms with Crippen LogP contribution in [-0.4, -0.2) is 20.9 Å². The number of hydrogen-bond donors (Lipinski definition) is 1. The number of carboxylic acids is 1. The molecule has 0 aromatic carbocycles. The molecule has 0 atom stereocenters. The molecular formula is C10H13BrN2O2. The van der Waals surface area contributed by atoms with Crippen LogP contribution in [0.5, 0.6) is 0 Å². The summed E-state index contributed by atoms with van der Waals surface area (Å²) in [5.74, 6) is -0.687. The molecule has 0 amide bonds. The Bertz CT molecular complexity index is 421. The number of aliphatic carboxylic acids is 1. The number of nitrogens with zero attached hydrogens (tertiary/aromatic N) is 2. The van der Waals surface area contributed by atoms with E-state index in [1.807, 2.05) is 14.0 Å². The molecule has 1 N–H and O–H groups in total. The number of aromatic nitrogens is 2. The summed E-state index contributed by atoms with van der Waals surface area (Å²) in [6.45, 7) is 1.91. The zero-order valence-electron chi connectivity index (χ0n) is 8.75. The molecule has 1 heterocycles. The fraction of sp³-hybridized carbons (Fsp3) is 0.600. The average molecular weight is 273 g/mol. The lowest BCUT2D eigenvalue weighted by molar-refractivity contribution is -0.143. The van der Waals surface area contributed by atoms with Gasteiger partial charge in [-0.2, -0.15) is 5.10 Å². The van der Waals surface area contributed by atoms with Gasteiger partial charge in [0.15, 0.2) is 0 Å². The van der Waals surface area contributed by atoms with Crippen molar-refractivity contribution in [1.82, 2.24) is 9.78 Å². The van der Waals surface area contributed by atoms with E-state index in [-0.39, 0.29) is 0 Å². The first kappa shape index (κ1) is 10.7. The largest absolute Gasteiger partial charge is 0.481 e. The molecule has 15 heavy (non-hydrogen) atoms. The van der Waals surface area contributed by atoms with E-state index >= 15 is 0 Å². The highest BCUT2D eigenvalue weighted by Gasteiger charge is 2.50. The molecule has 1 aromatic rings. The molecule has 82 valence electrons. The molecule has 1 aromatic heterocycles.